The number of thioether (sulfide) groups is 1. The first-order chi connectivity index (χ1) is 8.33. The van der Waals surface area contributed by atoms with E-state index >= 15 is 0 Å². The number of ether oxygens (including phenoxy) is 1. The van der Waals surface area contributed by atoms with Crippen LogP contribution in [0.15, 0.2) is 30.3 Å². The maximum atomic E-state index is 11.3. The molecule has 5 heteroatoms. The zero-order valence-corrected chi connectivity index (χ0v) is 10.4. The predicted octanol–water partition coefficient (Wildman–Crippen LogP) is 1.64. The third kappa shape index (κ3) is 6.86. The van der Waals surface area contributed by atoms with Crippen molar-refractivity contribution in [2.45, 2.75) is 6.61 Å². The van der Waals surface area contributed by atoms with E-state index in [1.54, 1.807) is 11.8 Å². The molecule has 1 amide bonds. The van der Waals surface area contributed by atoms with Gasteiger partial charge in [0.25, 0.3) is 0 Å². The highest BCUT2D eigenvalue weighted by Crippen LogP contribution is 2.00. The molecule has 2 N–H and O–H groups in total. The maximum Gasteiger partial charge on any atom is 0.407 e. The summed E-state index contributed by atoms with van der Waals surface area (Å²) in [6, 6.07) is 9.54. The molecule has 0 atom stereocenters. The lowest BCUT2D eigenvalue weighted by molar-refractivity contribution is 0.140. The van der Waals surface area contributed by atoms with Crippen molar-refractivity contribution in [3.05, 3.63) is 35.9 Å². The molecule has 0 bridgehead atoms. The standard InChI is InChI=1S/C12H17NO3S/c14-7-9-17-8-6-13-12(15)16-10-11-4-2-1-3-5-11/h1-5,14H,6-10H2,(H,13,15). The summed E-state index contributed by atoms with van der Waals surface area (Å²) in [6.45, 7) is 1.01. The summed E-state index contributed by atoms with van der Waals surface area (Å²) < 4.78 is 5.03. The second kappa shape index (κ2) is 8.90. The molecule has 0 spiro atoms. The molecule has 0 saturated heterocycles. The molecule has 94 valence electrons. The average molecular weight is 255 g/mol. The van der Waals surface area contributed by atoms with Crippen LogP contribution in [0.4, 0.5) is 4.79 Å². The van der Waals surface area contributed by atoms with E-state index in [0.29, 0.717) is 12.3 Å². The number of carbonyl (C=O) groups is 1. The summed E-state index contributed by atoms with van der Waals surface area (Å²) in [4.78, 5) is 11.3. The van der Waals surface area contributed by atoms with E-state index in [9.17, 15) is 4.79 Å². The minimum atomic E-state index is -0.404. The van der Waals surface area contributed by atoms with Gasteiger partial charge in [-0.25, -0.2) is 4.79 Å². The Labute approximate surface area is 105 Å². The van der Waals surface area contributed by atoms with Gasteiger partial charge in [-0.05, 0) is 5.56 Å². The van der Waals surface area contributed by atoms with Gasteiger partial charge in [0.2, 0.25) is 0 Å². The first-order valence-electron chi connectivity index (χ1n) is 5.46. The summed E-state index contributed by atoms with van der Waals surface area (Å²) in [6.07, 6.45) is -0.404. The van der Waals surface area contributed by atoms with Gasteiger partial charge in [-0.1, -0.05) is 30.3 Å². The van der Waals surface area contributed by atoms with Crippen molar-refractivity contribution < 1.29 is 14.6 Å². The van der Waals surface area contributed by atoms with Crippen LogP contribution in [0.3, 0.4) is 0 Å². The number of aliphatic hydroxyl groups is 1. The van der Waals surface area contributed by atoms with Gasteiger partial charge in [-0.3, -0.25) is 0 Å². The van der Waals surface area contributed by atoms with Gasteiger partial charge in [0.1, 0.15) is 6.61 Å². The molecule has 0 radical (unpaired) electrons. The number of hydrogen-bond acceptors (Lipinski definition) is 4. The molecule has 4 nitrogen and oxygen atoms in total. The lowest BCUT2D eigenvalue weighted by Crippen LogP contribution is -2.26. The third-order valence-corrected chi connectivity index (χ3v) is 2.93. The van der Waals surface area contributed by atoms with Crippen molar-refractivity contribution in [3.8, 4) is 0 Å². The molecule has 0 fully saturated rings. The Balaban J connectivity index is 2.05. The van der Waals surface area contributed by atoms with E-state index < -0.39 is 6.09 Å². The molecule has 0 aliphatic carbocycles. The van der Waals surface area contributed by atoms with Crippen LogP contribution >= 0.6 is 11.8 Å². The van der Waals surface area contributed by atoms with E-state index in [1.807, 2.05) is 30.3 Å². The van der Waals surface area contributed by atoms with Crippen LogP contribution in [0.5, 0.6) is 0 Å². The average Bonchev–Trinajstić information content (AvgIpc) is 2.37. The molecule has 1 rings (SSSR count). The largest absolute Gasteiger partial charge is 0.445 e. The number of nitrogens with one attached hydrogen (secondary N) is 1. The van der Waals surface area contributed by atoms with Gasteiger partial charge < -0.3 is 15.2 Å². The fraction of sp³-hybridized carbons (Fsp3) is 0.417. The number of amides is 1. The van der Waals surface area contributed by atoms with Crippen molar-refractivity contribution in [1.29, 1.82) is 0 Å². The van der Waals surface area contributed by atoms with Crippen LogP contribution in [-0.2, 0) is 11.3 Å². The van der Waals surface area contributed by atoms with Gasteiger partial charge in [-0.2, -0.15) is 11.8 Å². The molecular formula is C12H17NO3S. The molecule has 0 heterocycles. The van der Waals surface area contributed by atoms with Crippen LogP contribution in [0.1, 0.15) is 5.56 Å². The first-order valence-corrected chi connectivity index (χ1v) is 6.61. The van der Waals surface area contributed by atoms with Crippen LogP contribution in [0, 0.1) is 0 Å². The van der Waals surface area contributed by atoms with Gasteiger partial charge in [0, 0.05) is 18.1 Å². The Morgan fingerprint density at radius 1 is 1.29 bits per heavy atom. The van der Waals surface area contributed by atoms with E-state index in [0.717, 1.165) is 11.3 Å². The van der Waals surface area contributed by atoms with E-state index in [2.05, 4.69) is 5.32 Å². The first kappa shape index (κ1) is 13.9. The molecule has 0 aliphatic rings. The Morgan fingerprint density at radius 2 is 2.06 bits per heavy atom. The van der Waals surface area contributed by atoms with Gasteiger partial charge >= 0.3 is 6.09 Å². The minimum absolute atomic E-state index is 0.170. The number of rotatable bonds is 7. The van der Waals surface area contributed by atoms with E-state index in [-0.39, 0.29) is 13.2 Å². The number of benzene rings is 1. The summed E-state index contributed by atoms with van der Waals surface area (Å²) in [7, 11) is 0. The molecule has 0 saturated carbocycles. The highest BCUT2D eigenvalue weighted by atomic mass is 32.2. The van der Waals surface area contributed by atoms with Crippen LogP contribution in [-0.4, -0.2) is 35.9 Å². The fourth-order valence-electron chi connectivity index (χ4n) is 1.17. The minimum Gasteiger partial charge on any atom is -0.445 e. The summed E-state index contributed by atoms with van der Waals surface area (Å²) >= 11 is 1.59. The number of carbonyl (C=O) groups excluding carboxylic acids is 1. The third-order valence-electron chi connectivity index (χ3n) is 1.96. The van der Waals surface area contributed by atoms with Gasteiger partial charge in [0.05, 0.1) is 6.61 Å². The van der Waals surface area contributed by atoms with Crippen LogP contribution < -0.4 is 5.32 Å². The number of alkyl carbamates (subject to hydrolysis) is 1. The van der Waals surface area contributed by atoms with Crippen molar-refractivity contribution in [2.75, 3.05) is 24.7 Å². The molecule has 0 aromatic heterocycles. The quantitative estimate of drug-likeness (QED) is 0.727. The zero-order chi connectivity index (χ0) is 12.3. The summed E-state index contributed by atoms with van der Waals surface area (Å²) in [5.74, 6) is 1.47. The molecule has 0 unspecified atom stereocenters. The van der Waals surface area contributed by atoms with Gasteiger partial charge in [-0.15, -0.1) is 0 Å². The SMILES string of the molecule is O=C(NCCSCCO)OCc1ccccc1. The summed E-state index contributed by atoms with van der Waals surface area (Å²) in [5.41, 5.74) is 0.970. The Bertz CT molecular complexity index is 319. The molecular weight excluding hydrogens is 238 g/mol. The Kier molecular flexibility index (Phi) is 7.25. The van der Waals surface area contributed by atoms with Crippen LogP contribution in [0.2, 0.25) is 0 Å². The highest BCUT2D eigenvalue weighted by Gasteiger charge is 2.01. The smallest absolute Gasteiger partial charge is 0.407 e. The van der Waals surface area contributed by atoms with Crippen LogP contribution in [0.25, 0.3) is 0 Å². The lowest BCUT2D eigenvalue weighted by atomic mass is 10.2. The second-order valence-corrected chi connectivity index (χ2v) is 4.55. The molecule has 1 aromatic rings. The van der Waals surface area contributed by atoms with E-state index in [4.69, 9.17) is 9.84 Å². The summed E-state index contributed by atoms with van der Waals surface area (Å²) in [5, 5.41) is 11.2. The second-order valence-electron chi connectivity index (χ2n) is 3.32. The Morgan fingerprint density at radius 3 is 2.76 bits per heavy atom. The lowest BCUT2D eigenvalue weighted by Gasteiger charge is -2.06. The number of aliphatic hydroxyl groups excluding tert-OH is 1. The molecule has 0 aliphatic heterocycles. The van der Waals surface area contributed by atoms with Crippen molar-refractivity contribution in [1.82, 2.24) is 5.32 Å². The van der Waals surface area contributed by atoms with Crippen molar-refractivity contribution >= 4 is 17.9 Å². The van der Waals surface area contributed by atoms with Gasteiger partial charge in [0.15, 0.2) is 0 Å². The number of hydrogen-bond donors (Lipinski definition) is 2. The monoisotopic (exact) mass is 255 g/mol. The predicted molar refractivity (Wildman–Crippen MR) is 69.0 cm³/mol. The normalized spacial score (nSPS) is 9.94. The highest BCUT2D eigenvalue weighted by molar-refractivity contribution is 7.99. The van der Waals surface area contributed by atoms with Crippen molar-refractivity contribution in [3.63, 3.8) is 0 Å². The van der Waals surface area contributed by atoms with Crippen molar-refractivity contribution in [2.24, 2.45) is 0 Å². The zero-order valence-electron chi connectivity index (χ0n) is 9.59. The topological polar surface area (TPSA) is 58.6 Å². The Hall–Kier alpha value is -1.20. The fourth-order valence-corrected chi connectivity index (χ4v) is 1.75. The molecule has 1 aromatic carbocycles. The molecule has 17 heavy (non-hydrogen) atoms. The maximum absolute atomic E-state index is 11.3. The van der Waals surface area contributed by atoms with E-state index in [1.165, 1.54) is 0 Å².